The van der Waals surface area contributed by atoms with Crippen LogP contribution in [0.5, 0.6) is 5.75 Å². The van der Waals surface area contributed by atoms with E-state index in [1.807, 2.05) is 52.1 Å². The maximum absolute atomic E-state index is 12.7. The first kappa shape index (κ1) is 23.8. The van der Waals surface area contributed by atoms with Gasteiger partial charge < -0.3 is 14.4 Å². The topological polar surface area (TPSA) is 82.4 Å². The van der Waals surface area contributed by atoms with E-state index < -0.39 is 5.76 Å². The second-order valence-electron chi connectivity index (χ2n) is 8.50. The third kappa shape index (κ3) is 5.12. The molecule has 0 radical (unpaired) electrons. The Labute approximate surface area is 193 Å². The highest BCUT2D eigenvalue weighted by atomic mass is 32.1. The molecule has 0 saturated carbocycles. The fraction of sp³-hybridized carbons (Fsp3) is 0.375. The van der Waals surface area contributed by atoms with Gasteiger partial charge in [-0.2, -0.15) is 0 Å². The Morgan fingerprint density at radius 1 is 1.28 bits per heavy atom. The molecule has 0 fully saturated rings. The normalized spacial score (nSPS) is 11.3. The molecule has 0 unspecified atom stereocenters. The number of nitriles is 1. The first-order valence-corrected chi connectivity index (χ1v) is 11.3. The van der Waals surface area contributed by atoms with E-state index in [1.165, 1.54) is 10.6 Å². The van der Waals surface area contributed by atoms with Gasteiger partial charge >= 0.3 is 5.76 Å². The minimum Gasteiger partial charge on any atom is -0.508 e. The van der Waals surface area contributed by atoms with Crippen LogP contribution in [-0.2, 0) is 6.54 Å². The van der Waals surface area contributed by atoms with Crippen LogP contribution in [0.1, 0.15) is 37.8 Å². The second kappa shape index (κ2) is 10.2. The Kier molecular flexibility index (Phi) is 7.54. The zero-order chi connectivity index (χ0) is 23.4. The Bertz CT molecular complexity index is 1260. The van der Waals surface area contributed by atoms with E-state index >= 15 is 0 Å². The van der Waals surface area contributed by atoms with E-state index in [1.54, 1.807) is 6.07 Å². The maximum atomic E-state index is 12.7. The second-order valence-corrected chi connectivity index (χ2v) is 8.88. The van der Waals surface area contributed by atoms with Crippen LogP contribution in [0.15, 0.2) is 45.6 Å². The monoisotopic (exact) mass is 449 g/mol. The molecule has 0 aliphatic carbocycles. The van der Waals surface area contributed by atoms with Crippen LogP contribution in [0.4, 0.5) is 0 Å². The zero-order valence-electron chi connectivity index (χ0n) is 19.0. The summed E-state index contributed by atoms with van der Waals surface area (Å²) in [7, 11) is 2.04. The number of aromatic hydroxyl groups is 1. The predicted octanol–water partition coefficient (Wildman–Crippen LogP) is 5.15. The number of phenols is 1. The van der Waals surface area contributed by atoms with Gasteiger partial charge in [0.05, 0.1) is 11.1 Å². The summed E-state index contributed by atoms with van der Waals surface area (Å²) in [6.45, 7) is 7.68. The van der Waals surface area contributed by atoms with Gasteiger partial charge in [-0.1, -0.05) is 51.4 Å². The van der Waals surface area contributed by atoms with Crippen molar-refractivity contribution in [3.63, 3.8) is 0 Å². The predicted molar refractivity (Wildman–Crippen MR) is 131 cm³/mol. The lowest BCUT2D eigenvalue weighted by molar-refractivity contribution is 0.345. The van der Waals surface area contributed by atoms with Crippen LogP contribution in [0.2, 0.25) is 12.6 Å². The van der Waals surface area contributed by atoms with Crippen molar-refractivity contribution in [2.45, 2.75) is 45.9 Å². The Morgan fingerprint density at radius 2 is 1.97 bits per heavy atom. The Hall–Kier alpha value is -2.89. The minimum absolute atomic E-state index is 0.0898. The summed E-state index contributed by atoms with van der Waals surface area (Å²) >= 11 is 5.62. The highest BCUT2D eigenvalue weighted by Crippen LogP contribution is 2.30. The lowest BCUT2D eigenvalue weighted by atomic mass is 9.47. The number of hydrogen-bond acceptors (Lipinski definition) is 6. The molecule has 0 saturated heterocycles. The van der Waals surface area contributed by atoms with Crippen molar-refractivity contribution in [1.29, 1.82) is 5.26 Å². The zero-order valence-corrected chi connectivity index (χ0v) is 19.8. The fourth-order valence-corrected chi connectivity index (χ4v) is 4.08. The number of fused-ring (bicyclic) bond motifs is 1. The van der Waals surface area contributed by atoms with Gasteiger partial charge in [-0.3, -0.25) is 0 Å². The van der Waals surface area contributed by atoms with Crippen LogP contribution in [0, 0.1) is 15.9 Å². The average molecular weight is 449 g/mol. The molecule has 0 atom stereocenters. The molecule has 166 valence electrons. The molecule has 8 heteroatoms. The van der Waals surface area contributed by atoms with Crippen molar-refractivity contribution in [2.24, 2.45) is 0 Å². The van der Waals surface area contributed by atoms with Crippen LogP contribution in [0.25, 0.3) is 16.7 Å². The van der Waals surface area contributed by atoms with E-state index in [-0.39, 0.29) is 24.0 Å². The molecule has 0 bridgehead atoms. The molecule has 6 nitrogen and oxygen atoms in total. The highest BCUT2D eigenvalue weighted by molar-refractivity contribution is 7.71. The van der Waals surface area contributed by atoms with E-state index in [4.69, 9.17) is 21.9 Å². The lowest BCUT2D eigenvalue weighted by Crippen LogP contribution is -2.23. The van der Waals surface area contributed by atoms with Gasteiger partial charge in [0.1, 0.15) is 16.0 Å². The van der Waals surface area contributed by atoms with Crippen molar-refractivity contribution >= 4 is 29.9 Å². The molecular formula is C24H28BN3O3S. The summed E-state index contributed by atoms with van der Waals surface area (Å²) in [5, 5.41) is 20.0. The van der Waals surface area contributed by atoms with Crippen molar-refractivity contribution < 1.29 is 9.52 Å². The van der Waals surface area contributed by atoms with Gasteiger partial charge in [0.15, 0.2) is 0 Å². The first-order chi connectivity index (χ1) is 15.2. The summed E-state index contributed by atoms with van der Waals surface area (Å²) in [6.07, 6.45) is 1.72. The molecule has 1 N–H and O–H groups in total. The molecule has 3 rings (SSSR count). The molecule has 2 aromatic carbocycles. The molecule has 32 heavy (non-hydrogen) atoms. The summed E-state index contributed by atoms with van der Waals surface area (Å²) in [5.41, 5.74) is 2.76. The van der Waals surface area contributed by atoms with E-state index in [0.717, 1.165) is 36.9 Å². The molecule has 3 aromatic rings. The highest BCUT2D eigenvalue weighted by Gasteiger charge is 2.15. The molecule has 0 aliphatic rings. The van der Waals surface area contributed by atoms with Crippen LogP contribution in [-0.4, -0.2) is 34.9 Å². The SMILES string of the molecule is CCB(C#N)CCN(C)Cc1ccc(-n2c(=O)oc3cc(O)c(C(C)C)cc3c2=S)cc1. The van der Waals surface area contributed by atoms with E-state index in [9.17, 15) is 9.90 Å². The standard InChI is InChI=1S/C24H28BN3O3S/c1-5-25(15-26)10-11-27(4)14-17-6-8-18(9-7-17)28-23(32)20-12-19(16(2)3)21(29)13-22(20)31-24(28)30/h6-9,12-13,16,29H,5,10-11,14H2,1-4H3. The number of nitrogens with zero attached hydrogens (tertiary/aromatic N) is 3. The summed E-state index contributed by atoms with van der Waals surface area (Å²) < 4.78 is 7.19. The van der Waals surface area contributed by atoms with Crippen LogP contribution in [0.3, 0.4) is 0 Å². The molecule has 0 amide bonds. The van der Waals surface area contributed by atoms with Gasteiger partial charge in [-0.05, 0) is 55.2 Å². The van der Waals surface area contributed by atoms with Crippen LogP contribution < -0.4 is 5.76 Å². The van der Waals surface area contributed by atoms with Crippen molar-refractivity contribution in [2.75, 3.05) is 13.6 Å². The Morgan fingerprint density at radius 3 is 2.56 bits per heavy atom. The Balaban J connectivity index is 1.88. The third-order valence-electron chi connectivity index (χ3n) is 5.75. The van der Waals surface area contributed by atoms with Crippen LogP contribution >= 0.6 is 12.2 Å². The third-order valence-corrected chi connectivity index (χ3v) is 6.15. The quantitative estimate of drug-likeness (QED) is 0.378. The minimum atomic E-state index is -0.592. The smallest absolute Gasteiger partial charge is 0.425 e. The number of benzene rings is 2. The molecule has 0 spiro atoms. The molecule has 0 aliphatic heterocycles. The van der Waals surface area contributed by atoms with Gasteiger partial charge in [0.25, 0.3) is 6.71 Å². The van der Waals surface area contributed by atoms with Crippen molar-refractivity contribution in [3.8, 4) is 17.4 Å². The number of rotatable bonds is 8. The molecular weight excluding hydrogens is 421 g/mol. The van der Waals surface area contributed by atoms with Crippen molar-refractivity contribution in [3.05, 3.63) is 62.7 Å². The number of hydrogen-bond donors (Lipinski definition) is 1. The van der Waals surface area contributed by atoms with Gasteiger partial charge in [-0.25, -0.2) is 14.6 Å². The van der Waals surface area contributed by atoms with Crippen molar-refractivity contribution in [1.82, 2.24) is 9.47 Å². The summed E-state index contributed by atoms with van der Waals surface area (Å²) in [4.78, 5) is 14.9. The van der Waals surface area contributed by atoms with Gasteiger partial charge in [0, 0.05) is 18.6 Å². The fourth-order valence-electron chi connectivity index (χ4n) is 3.74. The summed E-state index contributed by atoms with van der Waals surface area (Å²) in [5.74, 6) is 1.95. The largest absolute Gasteiger partial charge is 0.508 e. The number of aromatic nitrogens is 1. The van der Waals surface area contributed by atoms with E-state index in [0.29, 0.717) is 15.7 Å². The van der Waals surface area contributed by atoms with E-state index in [2.05, 4.69) is 10.9 Å². The first-order valence-electron chi connectivity index (χ1n) is 10.8. The lowest BCUT2D eigenvalue weighted by Gasteiger charge is -2.17. The van der Waals surface area contributed by atoms with Gasteiger partial charge in [-0.15, -0.1) is 0 Å². The maximum Gasteiger partial charge on any atom is 0.425 e. The van der Waals surface area contributed by atoms with Gasteiger partial charge in [0.2, 0.25) is 0 Å². The molecule has 1 aromatic heterocycles. The molecule has 1 heterocycles. The average Bonchev–Trinajstić information content (AvgIpc) is 2.75. The summed E-state index contributed by atoms with van der Waals surface area (Å²) in [6, 6.07) is 10.9. The number of phenolic OH excluding ortho intramolecular Hbond substituents is 1.